The summed E-state index contributed by atoms with van der Waals surface area (Å²) < 4.78 is 46.0. The van der Waals surface area contributed by atoms with E-state index in [-0.39, 0.29) is 12.4 Å². The van der Waals surface area contributed by atoms with Crippen molar-refractivity contribution in [2.75, 3.05) is 32.7 Å². The van der Waals surface area contributed by atoms with Gasteiger partial charge in [-0.2, -0.15) is 13.2 Å². The number of benzene rings is 2. The second-order valence-electron chi connectivity index (χ2n) is 10.3. The Kier molecular flexibility index (Phi) is 9.47. The average Bonchev–Trinajstić information content (AvgIpc) is 3.27. The van der Waals surface area contributed by atoms with Gasteiger partial charge in [0.05, 0.1) is 11.5 Å². The molecule has 1 heterocycles. The van der Waals surface area contributed by atoms with Crippen LogP contribution in [0.5, 0.6) is 0 Å². The van der Waals surface area contributed by atoms with Gasteiger partial charge in [0.1, 0.15) is 6.10 Å². The summed E-state index contributed by atoms with van der Waals surface area (Å²) >= 11 is 0. The summed E-state index contributed by atoms with van der Waals surface area (Å²) in [6.07, 6.45) is -3.15. The second kappa shape index (κ2) is 12.0. The molecule has 1 saturated heterocycles. The van der Waals surface area contributed by atoms with Crippen LogP contribution in [0.4, 0.5) is 13.2 Å². The SMILES string of the molecule is CC(C(=O)OC(CN1CCNCC1)c1cccc(C(F)(F)F)c1)c1ccc2c(c1)CC(C(C)C)C2.Cl. The molecule has 3 unspecified atom stereocenters. The van der Waals surface area contributed by atoms with Crippen LogP contribution in [0.15, 0.2) is 42.5 Å². The van der Waals surface area contributed by atoms with Gasteiger partial charge in [-0.05, 0) is 66.0 Å². The van der Waals surface area contributed by atoms with Crippen molar-refractivity contribution in [2.24, 2.45) is 11.8 Å². The fourth-order valence-electron chi connectivity index (χ4n) is 5.05. The quantitative estimate of drug-likeness (QED) is 0.465. The number of esters is 1. The zero-order valence-electron chi connectivity index (χ0n) is 21.1. The van der Waals surface area contributed by atoms with E-state index in [9.17, 15) is 18.0 Å². The van der Waals surface area contributed by atoms with Gasteiger partial charge in [0, 0.05) is 32.7 Å². The van der Waals surface area contributed by atoms with E-state index in [1.807, 2.05) is 13.0 Å². The van der Waals surface area contributed by atoms with Gasteiger partial charge in [-0.1, -0.05) is 44.2 Å². The van der Waals surface area contributed by atoms with E-state index in [1.54, 1.807) is 6.07 Å². The summed E-state index contributed by atoms with van der Waals surface area (Å²) in [7, 11) is 0. The number of nitrogens with zero attached hydrogens (tertiary/aromatic N) is 1. The summed E-state index contributed by atoms with van der Waals surface area (Å²) in [5.41, 5.74) is 3.16. The second-order valence-corrected chi connectivity index (χ2v) is 10.3. The summed E-state index contributed by atoms with van der Waals surface area (Å²) in [4.78, 5) is 15.4. The molecular weight excluding hydrogens is 489 g/mol. The Morgan fingerprint density at radius 1 is 1.03 bits per heavy atom. The molecule has 0 bridgehead atoms. The fourth-order valence-corrected chi connectivity index (χ4v) is 5.05. The molecular formula is C28H36ClF3N2O2. The summed E-state index contributed by atoms with van der Waals surface area (Å²) in [5.74, 6) is 0.300. The topological polar surface area (TPSA) is 41.6 Å². The Morgan fingerprint density at radius 3 is 2.39 bits per heavy atom. The number of carbonyl (C=O) groups excluding carboxylic acids is 1. The van der Waals surface area contributed by atoms with Crippen molar-refractivity contribution in [2.45, 2.75) is 51.8 Å². The van der Waals surface area contributed by atoms with Gasteiger partial charge in [-0.3, -0.25) is 9.69 Å². The molecule has 8 heteroatoms. The Labute approximate surface area is 218 Å². The monoisotopic (exact) mass is 524 g/mol. The predicted molar refractivity (Wildman–Crippen MR) is 137 cm³/mol. The van der Waals surface area contributed by atoms with E-state index < -0.39 is 29.7 Å². The Balaban J connectivity index is 0.00000361. The van der Waals surface area contributed by atoms with Crippen LogP contribution in [0.2, 0.25) is 0 Å². The number of ether oxygens (including phenoxy) is 1. The van der Waals surface area contributed by atoms with Crippen molar-refractivity contribution < 1.29 is 22.7 Å². The van der Waals surface area contributed by atoms with Crippen LogP contribution in [0, 0.1) is 11.8 Å². The van der Waals surface area contributed by atoms with Gasteiger partial charge in [0.25, 0.3) is 0 Å². The third-order valence-corrected chi connectivity index (χ3v) is 7.47. The highest BCUT2D eigenvalue weighted by Gasteiger charge is 2.33. The lowest BCUT2D eigenvalue weighted by molar-refractivity contribution is -0.152. The predicted octanol–water partition coefficient (Wildman–Crippen LogP) is 5.79. The molecule has 4 rings (SSSR count). The lowest BCUT2D eigenvalue weighted by Crippen LogP contribution is -2.45. The van der Waals surface area contributed by atoms with Crippen LogP contribution < -0.4 is 5.32 Å². The fraction of sp³-hybridized carbons (Fsp3) is 0.536. The van der Waals surface area contributed by atoms with Gasteiger partial charge in [-0.15, -0.1) is 12.4 Å². The number of hydrogen-bond donors (Lipinski definition) is 1. The Hall–Kier alpha value is -2.09. The maximum Gasteiger partial charge on any atom is 0.416 e. The number of rotatable bonds is 7. The lowest BCUT2D eigenvalue weighted by atomic mass is 9.93. The molecule has 0 amide bonds. The average molecular weight is 525 g/mol. The molecule has 1 N–H and O–H groups in total. The molecule has 0 saturated carbocycles. The third-order valence-electron chi connectivity index (χ3n) is 7.47. The van der Waals surface area contributed by atoms with E-state index in [0.29, 0.717) is 23.9 Å². The van der Waals surface area contributed by atoms with Crippen molar-refractivity contribution in [1.82, 2.24) is 10.2 Å². The standard InChI is InChI=1S/C28H35F3N2O2.ClH/c1-18(2)23-14-21-8-7-20(13-24(21)15-23)19(3)27(34)35-26(17-33-11-9-32-10-12-33)22-5-4-6-25(16-22)28(29,30)31;/h4-8,13,16,18-19,23,26,32H,9-12,14-15,17H2,1-3H3;1H. The van der Waals surface area contributed by atoms with Gasteiger partial charge in [0.15, 0.2) is 0 Å². The molecule has 1 aliphatic carbocycles. The van der Waals surface area contributed by atoms with Crippen molar-refractivity contribution in [3.05, 3.63) is 70.3 Å². The maximum absolute atomic E-state index is 13.4. The number of alkyl halides is 3. The summed E-state index contributed by atoms with van der Waals surface area (Å²) in [6.45, 7) is 9.76. The van der Waals surface area contributed by atoms with Crippen LogP contribution in [0.1, 0.15) is 60.6 Å². The van der Waals surface area contributed by atoms with E-state index in [0.717, 1.165) is 56.7 Å². The van der Waals surface area contributed by atoms with Gasteiger partial charge in [-0.25, -0.2) is 0 Å². The maximum atomic E-state index is 13.4. The van der Waals surface area contributed by atoms with E-state index >= 15 is 0 Å². The Morgan fingerprint density at radius 2 is 1.72 bits per heavy atom. The van der Waals surface area contributed by atoms with Crippen molar-refractivity contribution in [3.63, 3.8) is 0 Å². The Bertz CT molecular complexity index is 1040. The largest absolute Gasteiger partial charge is 0.456 e. The number of nitrogens with one attached hydrogen (secondary N) is 1. The first-order chi connectivity index (χ1) is 16.6. The highest BCUT2D eigenvalue weighted by atomic mass is 35.5. The lowest BCUT2D eigenvalue weighted by Gasteiger charge is -2.31. The van der Waals surface area contributed by atoms with Crippen LogP contribution in [-0.4, -0.2) is 43.6 Å². The first kappa shape index (κ1) is 28.5. The number of hydrogen-bond acceptors (Lipinski definition) is 4. The number of carbonyl (C=O) groups is 1. The minimum absolute atomic E-state index is 0. The first-order valence-electron chi connectivity index (χ1n) is 12.5. The smallest absolute Gasteiger partial charge is 0.416 e. The molecule has 2 aromatic carbocycles. The molecule has 0 aromatic heterocycles. The molecule has 0 spiro atoms. The van der Waals surface area contributed by atoms with Crippen LogP contribution in [-0.2, 0) is 28.5 Å². The minimum atomic E-state index is -4.45. The normalized spacial score (nSPS) is 19.9. The minimum Gasteiger partial charge on any atom is -0.456 e. The van der Waals surface area contributed by atoms with E-state index in [2.05, 4.69) is 36.2 Å². The highest BCUT2D eigenvalue weighted by Crippen LogP contribution is 2.35. The van der Waals surface area contributed by atoms with Crippen molar-refractivity contribution in [3.8, 4) is 0 Å². The van der Waals surface area contributed by atoms with E-state index in [1.165, 1.54) is 17.2 Å². The molecule has 1 fully saturated rings. The molecule has 4 nitrogen and oxygen atoms in total. The molecule has 198 valence electrons. The van der Waals surface area contributed by atoms with E-state index in [4.69, 9.17) is 4.74 Å². The highest BCUT2D eigenvalue weighted by molar-refractivity contribution is 5.85. The molecule has 36 heavy (non-hydrogen) atoms. The third kappa shape index (κ3) is 6.81. The van der Waals surface area contributed by atoms with Crippen LogP contribution in [0.25, 0.3) is 0 Å². The first-order valence-corrected chi connectivity index (χ1v) is 12.5. The zero-order chi connectivity index (χ0) is 25.2. The van der Waals surface area contributed by atoms with Crippen LogP contribution >= 0.6 is 12.4 Å². The number of halogens is 4. The molecule has 2 aromatic rings. The zero-order valence-corrected chi connectivity index (χ0v) is 21.9. The summed E-state index contributed by atoms with van der Waals surface area (Å²) in [6, 6.07) is 11.4. The van der Waals surface area contributed by atoms with Crippen molar-refractivity contribution >= 4 is 18.4 Å². The molecule has 1 aliphatic heterocycles. The van der Waals surface area contributed by atoms with Gasteiger partial charge in [0.2, 0.25) is 0 Å². The summed E-state index contributed by atoms with van der Waals surface area (Å²) in [5, 5.41) is 3.27. The van der Waals surface area contributed by atoms with Crippen molar-refractivity contribution in [1.29, 1.82) is 0 Å². The number of fused-ring (bicyclic) bond motifs is 1. The van der Waals surface area contributed by atoms with Gasteiger partial charge < -0.3 is 10.1 Å². The molecule has 0 radical (unpaired) electrons. The molecule has 2 aliphatic rings. The van der Waals surface area contributed by atoms with Crippen LogP contribution in [0.3, 0.4) is 0 Å². The number of piperazine rings is 1. The molecule has 3 atom stereocenters. The van der Waals surface area contributed by atoms with Gasteiger partial charge >= 0.3 is 12.1 Å².